The Morgan fingerprint density at radius 2 is 1.38 bits per heavy atom. The zero-order valence-electron chi connectivity index (χ0n) is 13.2. The minimum atomic E-state index is -4.09. The van der Waals surface area contributed by atoms with Gasteiger partial charge in [-0.1, -0.05) is 34.6 Å². The Morgan fingerprint density at radius 1 is 0.952 bits per heavy atom. The third-order valence-corrected chi connectivity index (χ3v) is 4.49. The van der Waals surface area contributed by atoms with Gasteiger partial charge in [-0.2, -0.15) is 0 Å². The Hall–Kier alpha value is -1.03. The monoisotopic (exact) mass is 316 g/mol. The number of aromatic hydroxyl groups is 2. The van der Waals surface area contributed by atoms with Crippen LogP contribution in [-0.4, -0.2) is 26.2 Å². The molecule has 1 aromatic rings. The molecule has 0 atom stereocenters. The fourth-order valence-electron chi connectivity index (χ4n) is 2.28. The maximum atomic E-state index is 11.0. The van der Waals surface area contributed by atoms with Gasteiger partial charge in [0, 0.05) is 11.1 Å². The highest BCUT2D eigenvalue weighted by atomic mass is 31.2. The van der Waals surface area contributed by atoms with E-state index in [1.807, 2.05) is 20.8 Å². The Kier molecular flexibility index (Phi) is 4.84. The van der Waals surface area contributed by atoms with Crippen LogP contribution in [0.2, 0.25) is 0 Å². The summed E-state index contributed by atoms with van der Waals surface area (Å²) in [6.07, 6.45) is -0.0552. The molecular formula is C15H25O5P. The number of hydrogen-bond donors (Lipinski definition) is 4. The average Bonchev–Trinajstić information content (AvgIpc) is 2.27. The molecule has 21 heavy (non-hydrogen) atoms. The van der Waals surface area contributed by atoms with Crippen LogP contribution >= 0.6 is 7.60 Å². The first kappa shape index (κ1) is 18.0. The van der Waals surface area contributed by atoms with Crippen molar-refractivity contribution < 1.29 is 24.6 Å². The van der Waals surface area contributed by atoms with Crippen LogP contribution in [0.3, 0.4) is 0 Å². The van der Waals surface area contributed by atoms with Gasteiger partial charge in [0.05, 0.1) is 6.16 Å². The van der Waals surface area contributed by atoms with Crippen LogP contribution in [0.25, 0.3) is 0 Å². The standard InChI is InChI=1S/C15H25O5P/c1-14(2,3)10-8-13(17)11(9-12(10)16)15(4,5)6-7-21(18,19)20/h8-9,16-17H,6-7H2,1-5H3,(H2,18,19,20). The van der Waals surface area contributed by atoms with Crippen LogP contribution in [0.5, 0.6) is 11.5 Å². The van der Waals surface area contributed by atoms with Gasteiger partial charge in [0.1, 0.15) is 11.5 Å². The second-order valence-corrected chi connectivity index (χ2v) is 8.94. The summed E-state index contributed by atoms with van der Waals surface area (Å²) in [5.74, 6) is 0.119. The molecule has 0 amide bonds. The highest BCUT2D eigenvalue weighted by Crippen LogP contribution is 2.44. The maximum absolute atomic E-state index is 11.0. The highest BCUT2D eigenvalue weighted by Gasteiger charge is 2.30. The molecule has 1 rings (SSSR count). The molecule has 4 N–H and O–H groups in total. The van der Waals surface area contributed by atoms with Crippen LogP contribution in [0, 0.1) is 0 Å². The van der Waals surface area contributed by atoms with Crippen LogP contribution < -0.4 is 0 Å². The molecule has 0 fully saturated rings. The normalized spacial score (nSPS) is 13.5. The van der Waals surface area contributed by atoms with Crippen molar-refractivity contribution in [3.05, 3.63) is 23.3 Å². The predicted molar refractivity (Wildman–Crippen MR) is 83.0 cm³/mol. The van der Waals surface area contributed by atoms with E-state index in [9.17, 15) is 14.8 Å². The van der Waals surface area contributed by atoms with Crippen molar-refractivity contribution in [3.8, 4) is 11.5 Å². The summed E-state index contributed by atoms with van der Waals surface area (Å²) >= 11 is 0. The Balaban J connectivity index is 3.20. The van der Waals surface area contributed by atoms with E-state index in [1.54, 1.807) is 13.8 Å². The fourth-order valence-corrected chi connectivity index (χ4v) is 3.13. The van der Waals surface area contributed by atoms with Crippen molar-refractivity contribution in [3.63, 3.8) is 0 Å². The van der Waals surface area contributed by atoms with Crippen LogP contribution in [0.15, 0.2) is 12.1 Å². The molecule has 0 radical (unpaired) electrons. The van der Waals surface area contributed by atoms with Gasteiger partial charge in [0.15, 0.2) is 0 Å². The van der Waals surface area contributed by atoms with Gasteiger partial charge in [0.2, 0.25) is 0 Å². The lowest BCUT2D eigenvalue weighted by molar-refractivity contribution is 0.359. The summed E-state index contributed by atoms with van der Waals surface area (Å²) in [5, 5.41) is 20.4. The molecule has 0 unspecified atom stereocenters. The molecule has 0 bridgehead atoms. The molecule has 0 aromatic heterocycles. The van der Waals surface area contributed by atoms with Gasteiger partial charge in [0.25, 0.3) is 0 Å². The van der Waals surface area contributed by atoms with E-state index in [0.717, 1.165) is 0 Å². The first-order valence-electron chi connectivity index (χ1n) is 6.85. The van der Waals surface area contributed by atoms with E-state index in [4.69, 9.17) is 9.79 Å². The number of phenolic OH excluding ortho intramolecular Hbond substituents is 2. The maximum Gasteiger partial charge on any atom is 0.325 e. The Morgan fingerprint density at radius 3 is 1.81 bits per heavy atom. The minimum absolute atomic E-state index is 0.0356. The lowest BCUT2D eigenvalue weighted by atomic mass is 9.78. The van der Waals surface area contributed by atoms with Crippen molar-refractivity contribution in [2.75, 3.05) is 6.16 Å². The van der Waals surface area contributed by atoms with Gasteiger partial charge in [-0.3, -0.25) is 4.57 Å². The molecular weight excluding hydrogens is 291 g/mol. The molecule has 6 heteroatoms. The summed E-state index contributed by atoms with van der Waals surface area (Å²) in [6, 6.07) is 3.03. The van der Waals surface area contributed by atoms with E-state index >= 15 is 0 Å². The summed E-state index contributed by atoms with van der Waals surface area (Å²) in [7, 11) is -4.09. The fraction of sp³-hybridized carbons (Fsp3) is 0.600. The van der Waals surface area contributed by atoms with Crippen molar-refractivity contribution in [1.29, 1.82) is 0 Å². The Labute approximate surface area is 125 Å². The molecule has 0 heterocycles. The van der Waals surface area contributed by atoms with Crippen molar-refractivity contribution in [2.45, 2.75) is 51.9 Å². The number of phenols is 2. The van der Waals surface area contributed by atoms with Crippen LogP contribution in [0.4, 0.5) is 0 Å². The topological polar surface area (TPSA) is 98.0 Å². The van der Waals surface area contributed by atoms with Crippen molar-refractivity contribution in [2.24, 2.45) is 0 Å². The molecule has 5 nitrogen and oxygen atoms in total. The zero-order valence-corrected chi connectivity index (χ0v) is 14.1. The first-order chi connectivity index (χ1) is 9.24. The molecule has 0 aliphatic heterocycles. The average molecular weight is 316 g/mol. The van der Waals surface area contributed by atoms with Gasteiger partial charge in [-0.05, 0) is 29.4 Å². The largest absolute Gasteiger partial charge is 0.508 e. The summed E-state index contributed by atoms with van der Waals surface area (Å²) in [4.78, 5) is 18.0. The van der Waals surface area contributed by atoms with Crippen molar-refractivity contribution >= 4 is 7.60 Å². The SMILES string of the molecule is CC(C)(C)c1cc(O)c(C(C)(C)CCP(=O)(O)O)cc1O. The van der Waals surface area contributed by atoms with Crippen LogP contribution in [-0.2, 0) is 15.4 Å². The molecule has 0 aliphatic carbocycles. The highest BCUT2D eigenvalue weighted by molar-refractivity contribution is 7.51. The molecule has 1 aromatic carbocycles. The van der Waals surface area contributed by atoms with Gasteiger partial charge in [-0.15, -0.1) is 0 Å². The number of hydrogen-bond acceptors (Lipinski definition) is 3. The van der Waals surface area contributed by atoms with Gasteiger partial charge in [-0.25, -0.2) is 0 Å². The van der Waals surface area contributed by atoms with Gasteiger partial charge < -0.3 is 20.0 Å². The van der Waals surface area contributed by atoms with E-state index in [1.165, 1.54) is 12.1 Å². The third-order valence-electron chi connectivity index (χ3n) is 3.68. The lowest BCUT2D eigenvalue weighted by Gasteiger charge is -2.29. The lowest BCUT2D eigenvalue weighted by Crippen LogP contribution is -2.20. The second kappa shape index (κ2) is 5.64. The van der Waals surface area contributed by atoms with Gasteiger partial charge >= 0.3 is 7.60 Å². The second-order valence-electron chi connectivity index (χ2n) is 7.16. The van der Waals surface area contributed by atoms with E-state index < -0.39 is 13.0 Å². The quantitative estimate of drug-likeness (QED) is 0.505. The molecule has 0 saturated heterocycles. The summed E-state index contributed by atoms with van der Waals surface area (Å²) < 4.78 is 11.0. The molecule has 0 aliphatic rings. The molecule has 0 spiro atoms. The number of benzene rings is 1. The zero-order chi connectivity index (χ0) is 16.6. The van der Waals surface area contributed by atoms with E-state index in [-0.39, 0.29) is 29.5 Å². The van der Waals surface area contributed by atoms with Crippen LogP contribution in [0.1, 0.15) is 52.2 Å². The number of rotatable bonds is 4. The summed E-state index contributed by atoms with van der Waals surface area (Å²) in [5.41, 5.74) is 0.158. The third kappa shape index (κ3) is 4.73. The Bertz CT molecular complexity index is 566. The predicted octanol–water partition coefficient (Wildman–Crippen LogP) is 3.24. The molecule has 120 valence electrons. The van der Waals surface area contributed by atoms with E-state index in [0.29, 0.717) is 11.1 Å². The minimum Gasteiger partial charge on any atom is -0.508 e. The van der Waals surface area contributed by atoms with E-state index in [2.05, 4.69) is 0 Å². The first-order valence-corrected chi connectivity index (χ1v) is 8.65. The summed E-state index contributed by atoms with van der Waals surface area (Å²) in [6.45, 7) is 9.36. The molecule has 0 saturated carbocycles. The van der Waals surface area contributed by atoms with Crippen molar-refractivity contribution in [1.82, 2.24) is 0 Å². The smallest absolute Gasteiger partial charge is 0.325 e.